The zero-order valence-electron chi connectivity index (χ0n) is 13.8. The minimum Gasteiger partial charge on any atom is -0.371 e. The van der Waals surface area contributed by atoms with Gasteiger partial charge in [-0.3, -0.25) is 4.79 Å². The van der Waals surface area contributed by atoms with E-state index >= 15 is 0 Å². The number of nitrogens with zero attached hydrogens (tertiary/aromatic N) is 2. The molecule has 0 atom stereocenters. The van der Waals surface area contributed by atoms with Gasteiger partial charge in [0.2, 0.25) is 5.91 Å². The molecule has 1 aliphatic rings. The van der Waals surface area contributed by atoms with E-state index in [1.54, 1.807) is 11.3 Å². The highest BCUT2D eigenvalue weighted by Gasteiger charge is 2.21. The molecule has 2 aromatic rings. The van der Waals surface area contributed by atoms with E-state index in [1.807, 2.05) is 24.6 Å². The number of halogens is 1. The van der Waals surface area contributed by atoms with E-state index in [9.17, 15) is 9.18 Å². The molecule has 1 N–H and O–H groups in total. The lowest BCUT2D eigenvalue weighted by Crippen LogP contribution is -2.44. The van der Waals surface area contributed by atoms with Crippen molar-refractivity contribution in [2.45, 2.75) is 38.6 Å². The molecule has 0 radical (unpaired) electrons. The van der Waals surface area contributed by atoms with Gasteiger partial charge in [-0.15, -0.1) is 11.3 Å². The molecule has 4 nitrogen and oxygen atoms in total. The number of hydrogen-bond donors (Lipinski definition) is 1. The first-order valence-electron chi connectivity index (χ1n) is 8.30. The number of carbonyl (C=O) groups is 1. The molecule has 0 spiro atoms. The van der Waals surface area contributed by atoms with Crippen molar-refractivity contribution in [1.82, 2.24) is 10.3 Å². The number of benzene rings is 1. The molecule has 1 aliphatic heterocycles. The fourth-order valence-electron chi connectivity index (χ4n) is 3.03. The summed E-state index contributed by atoms with van der Waals surface area (Å²) in [5.41, 5.74) is 3.90. The number of rotatable bonds is 5. The second-order valence-corrected chi connectivity index (χ2v) is 7.11. The predicted molar refractivity (Wildman–Crippen MR) is 94.9 cm³/mol. The zero-order valence-corrected chi connectivity index (χ0v) is 14.6. The molecule has 1 amide bonds. The van der Waals surface area contributed by atoms with Crippen LogP contribution in [0.25, 0.3) is 0 Å². The van der Waals surface area contributed by atoms with E-state index in [0.29, 0.717) is 6.42 Å². The van der Waals surface area contributed by atoms with Gasteiger partial charge < -0.3 is 10.2 Å². The minimum atomic E-state index is -0.211. The van der Waals surface area contributed by atoms with Crippen LogP contribution in [-0.2, 0) is 11.2 Å². The number of hydrogen-bond acceptors (Lipinski definition) is 4. The Balaban J connectivity index is 1.42. The first-order chi connectivity index (χ1) is 11.6. The summed E-state index contributed by atoms with van der Waals surface area (Å²) in [5.74, 6) is -0.0971. The Morgan fingerprint density at radius 3 is 2.67 bits per heavy atom. The van der Waals surface area contributed by atoms with Gasteiger partial charge in [-0.2, -0.15) is 0 Å². The van der Waals surface area contributed by atoms with E-state index in [-0.39, 0.29) is 17.8 Å². The SMILES string of the molecule is Cc1ncsc1CCC(=O)NC1CCN(c2ccc(F)cc2)CC1. The minimum absolute atomic E-state index is 0.114. The van der Waals surface area contributed by atoms with Crippen LogP contribution in [0.5, 0.6) is 0 Å². The normalized spacial score (nSPS) is 15.5. The maximum atomic E-state index is 13.0. The monoisotopic (exact) mass is 347 g/mol. The molecular weight excluding hydrogens is 325 g/mol. The number of aryl methyl sites for hydroxylation is 2. The van der Waals surface area contributed by atoms with Gasteiger partial charge in [0.15, 0.2) is 0 Å². The fourth-order valence-corrected chi connectivity index (χ4v) is 3.81. The molecule has 0 unspecified atom stereocenters. The standard InChI is InChI=1S/C18H22FN3OS/c1-13-17(24-12-20-13)6-7-18(23)21-15-8-10-22(11-9-15)16-4-2-14(19)3-5-16/h2-5,12,15H,6-11H2,1H3,(H,21,23). The highest BCUT2D eigenvalue weighted by Crippen LogP contribution is 2.20. The summed E-state index contributed by atoms with van der Waals surface area (Å²) < 4.78 is 13.0. The maximum absolute atomic E-state index is 13.0. The first kappa shape index (κ1) is 16.9. The largest absolute Gasteiger partial charge is 0.371 e. The van der Waals surface area contributed by atoms with Crippen molar-refractivity contribution in [3.8, 4) is 0 Å². The quantitative estimate of drug-likeness (QED) is 0.902. The van der Waals surface area contributed by atoms with Crippen molar-refractivity contribution in [3.05, 3.63) is 46.2 Å². The Morgan fingerprint density at radius 1 is 1.33 bits per heavy atom. The van der Waals surface area contributed by atoms with Gasteiger partial charge in [0, 0.05) is 36.1 Å². The summed E-state index contributed by atoms with van der Waals surface area (Å²) in [5, 5.41) is 3.14. The average molecular weight is 347 g/mol. The van der Waals surface area contributed by atoms with Gasteiger partial charge in [0.25, 0.3) is 0 Å². The summed E-state index contributed by atoms with van der Waals surface area (Å²) >= 11 is 1.61. The van der Waals surface area contributed by atoms with Crippen LogP contribution < -0.4 is 10.2 Å². The molecular formula is C18H22FN3OS. The molecule has 3 rings (SSSR count). The van der Waals surface area contributed by atoms with Gasteiger partial charge in [-0.1, -0.05) is 0 Å². The van der Waals surface area contributed by atoms with Gasteiger partial charge in [-0.25, -0.2) is 9.37 Å². The number of carbonyl (C=O) groups excluding carboxylic acids is 1. The lowest BCUT2D eigenvalue weighted by Gasteiger charge is -2.34. The summed E-state index contributed by atoms with van der Waals surface area (Å²) in [6, 6.07) is 6.84. The average Bonchev–Trinajstić information content (AvgIpc) is 3.00. The van der Waals surface area contributed by atoms with Crippen LogP contribution in [0.4, 0.5) is 10.1 Å². The van der Waals surface area contributed by atoms with Crippen LogP contribution in [0, 0.1) is 12.7 Å². The molecule has 0 bridgehead atoms. The van der Waals surface area contributed by atoms with Crippen molar-refractivity contribution in [2.75, 3.05) is 18.0 Å². The highest BCUT2D eigenvalue weighted by atomic mass is 32.1. The molecule has 1 saturated heterocycles. The zero-order chi connectivity index (χ0) is 16.9. The van der Waals surface area contributed by atoms with Crippen molar-refractivity contribution >= 4 is 22.9 Å². The highest BCUT2D eigenvalue weighted by molar-refractivity contribution is 7.09. The number of amides is 1. The Bertz CT molecular complexity index is 678. The molecule has 2 heterocycles. The Kier molecular flexibility index (Phi) is 5.45. The number of piperidine rings is 1. The molecule has 0 saturated carbocycles. The third-order valence-electron chi connectivity index (χ3n) is 4.48. The molecule has 0 aliphatic carbocycles. The van der Waals surface area contributed by atoms with E-state index in [1.165, 1.54) is 17.0 Å². The van der Waals surface area contributed by atoms with Crippen molar-refractivity contribution < 1.29 is 9.18 Å². The maximum Gasteiger partial charge on any atom is 0.220 e. The summed E-state index contributed by atoms with van der Waals surface area (Å²) in [6.07, 6.45) is 3.11. The van der Waals surface area contributed by atoms with Crippen LogP contribution in [0.3, 0.4) is 0 Å². The lowest BCUT2D eigenvalue weighted by molar-refractivity contribution is -0.121. The molecule has 6 heteroatoms. The van der Waals surface area contributed by atoms with Crippen LogP contribution in [0.15, 0.2) is 29.8 Å². The molecule has 128 valence electrons. The number of nitrogens with one attached hydrogen (secondary N) is 1. The molecule has 1 fully saturated rings. The Hall–Kier alpha value is -1.95. The van der Waals surface area contributed by atoms with E-state index in [2.05, 4.69) is 15.2 Å². The molecule has 1 aromatic carbocycles. The van der Waals surface area contributed by atoms with Crippen LogP contribution in [0.1, 0.15) is 29.8 Å². The van der Waals surface area contributed by atoms with Crippen LogP contribution >= 0.6 is 11.3 Å². The van der Waals surface area contributed by atoms with E-state index in [0.717, 1.165) is 43.7 Å². The van der Waals surface area contributed by atoms with E-state index in [4.69, 9.17) is 0 Å². The first-order valence-corrected chi connectivity index (χ1v) is 9.18. The predicted octanol–water partition coefficient (Wildman–Crippen LogP) is 3.31. The van der Waals surface area contributed by atoms with E-state index < -0.39 is 0 Å². The summed E-state index contributed by atoms with van der Waals surface area (Å²) in [4.78, 5) is 19.8. The summed E-state index contributed by atoms with van der Waals surface area (Å²) in [7, 11) is 0. The Morgan fingerprint density at radius 2 is 2.04 bits per heavy atom. The number of thiazole rings is 1. The van der Waals surface area contributed by atoms with Crippen molar-refractivity contribution in [3.63, 3.8) is 0 Å². The Labute approximate surface area is 145 Å². The topological polar surface area (TPSA) is 45.2 Å². The summed E-state index contributed by atoms with van der Waals surface area (Å²) in [6.45, 7) is 3.74. The number of anilines is 1. The van der Waals surface area contributed by atoms with Gasteiger partial charge in [0.1, 0.15) is 5.82 Å². The van der Waals surface area contributed by atoms with Crippen LogP contribution in [0.2, 0.25) is 0 Å². The smallest absolute Gasteiger partial charge is 0.220 e. The third-order valence-corrected chi connectivity index (χ3v) is 5.47. The van der Waals surface area contributed by atoms with Crippen molar-refractivity contribution in [1.29, 1.82) is 0 Å². The molecule has 24 heavy (non-hydrogen) atoms. The van der Waals surface area contributed by atoms with Gasteiger partial charge in [0.05, 0.1) is 11.2 Å². The second kappa shape index (κ2) is 7.75. The van der Waals surface area contributed by atoms with Crippen LogP contribution in [-0.4, -0.2) is 30.0 Å². The fraction of sp³-hybridized carbons (Fsp3) is 0.444. The lowest BCUT2D eigenvalue weighted by atomic mass is 10.0. The molecule has 1 aromatic heterocycles. The second-order valence-electron chi connectivity index (χ2n) is 6.17. The van der Waals surface area contributed by atoms with Gasteiger partial charge >= 0.3 is 0 Å². The van der Waals surface area contributed by atoms with Gasteiger partial charge in [-0.05, 0) is 50.5 Å². The third kappa shape index (κ3) is 4.32. The van der Waals surface area contributed by atoms with Crippen molar-refractivity contribution in [2.24, 2.45) is 0 Å². The number of aromatic nitrogens is 1.